The van der Waals surface area contributed by atoms with Gasteiger partial charge in [0.1, 0.15) is 5.82 Å². The molecule has 3 N–H and O–H groups in total. The van der Waals surface area contributed by atoms with Gasteiger partial charge in [-0.3, -0.25) is 14.6 Å². The Bertz CT molecular complexity index is 778. The lowest BCUT2D eigenvalue weighted by molar-refractivity contribution is -0.145. The number of hydrogen-bond acceptors (Lipinski definition) is 5. The fourth-order valence-electron chi connectivity index (χ4n) is 3.08. The van der Waals surface area contributed by atoms with Crippen molar-refractivity contribution in [3.63, 3.8) is 0 Å². The number of rotatable bonds is 2. The Balaban J connectivity index is 1.75. The summed E-state index contributed by atoms with van der Waals surface area (Å²) in [5, 5.41) is 2.62. The summed E-state index contributed by atoms with van der Waals surface area (Å²) in [6.45, 7) is 2.36. The van der Waals surface area contributed by atoms with E-state index in [1.807, 2.05) is 12.1 Å². The number of hydrogen-bond donors (Lipinski definition) is 2. The van der Waals surface area contributed by atoms with Crippen LogP contribution in [0.25, 0.3) is 0 Å². The average molecular weight is 339 g/mol. The summed E-state index contributed by atoms with van der Waals surface area (Å²) in [6.07, 6.45) is 7.61. The molecular weight excluding hydrogens is 318 g/mol. The number of anilines is 2. The number of likely N-dealkylation sites (tertiary alicyclic amines) is 1. The van der Waals surface area contributed by atoms with Gasteiger partial charge in [-0.1, -0.05) is 0 Å². The summed E-state index contributed by atoms with van der Waals surface area (Å²) in [6, 6.07) is 5.38. The maximum absolute atomic E-state index is 12.7. The molecule has 1 fully saturated rings. The first kappa shape index (κ1) is 16.9. The van der Waals surface area contributed by atoms with E-state index in [0.717, 1.165) is 30.4 Å². The number of nitrogens with zero attached hydrogens (tertiary/aromatic N) is 3. The second-order valence-corrected chi connectivity index (χ2v) is 6.17. The van der Waals surface area contributed by atoms with E-state index in [0.29, 0.717) is 18.1 Å². The Labute approximate surface area is 146 Å². The maximum atomic E-state index is 12.7. The van der Waals surface area contributed by atoms with E-state index in [9.17, 15) is 9.59 Å². The molecule has 7 nitrogen and oxygen atoms in total. The predicted octanol–water partition coefficient (Wildman–Crippen LogP) is 2.06. The van der Waals surface area contributed by atoms with Crippen LogP contribution in [0.5, 0.6) is 0 Å². The fourth-order valence-corrected chi connectivity index (χ4v) is 3.08. The molecule has 0 aromatic carbocycles. The molecule has 2 amide bonds. The number of pyridine rings is 2. The van der Waals surface area contributed by atoms with Gasteiger partial charge in [0.05, 0.1) is 17.9 Å². The first-order valence-corrected chi connectivity index (χ1v) is 8.30. The number of carbonyl (C=O) groups excluding carboxylic acids is 2. The van der Waals surface area contributed by atoms with Crippen LogP contribution in [-0.4, -0.2) is 33.2 Å². The number of aryl methyl sites for hydroxylation is 1. The number of nitrogens with two attached hydrogens (primary N) is 1. The molecule has 130 valence electrons. The van der Waals surface area contributed by atoms with E-state index in [1.54, 1.807) is 30.3 Å². The van der Waals surface area contributed by atoms with Crippen molar-refractivity contribution in [2.75, 3.05) is 17.6 Å². The van der Waals surface area contributed by atoms with E-state index in [2.05, 4.69) is 15.3 Å². The molecule has 0 aliphatic carbocycles. The quantitative estimate of drug-likeness (QED) is 0.816. The third kappa shape index (κ3) is 3.76. The standard InChI is InChI=1S/C18H21N5O2/c1-12-10-14(11-21-16(12)19)22-17(24)18(25)23-9-3-2-4-15(23)13-5-7-20-8-6-13/h5-8,10-11,15H,2-4,9H2,1H3,(H2,19,21)(H,22,24)/t15-/m1/s1. The van der Waals surface area contributed by atoms with Crippen molar-refractivity contribution in [3.05, 3.63) is 47.9 Å². The molecule has 0 spiro atoms. The highest BCUT2D eigenvalue weighted by molar-refractivity contribution is 6.39. The zero-order valence-corrected chi connectivity index (χ0v) is 14.1. The number of nitrogens with one attached hydrogen (secondary N) is 1. The van der Waals surface area contributed by atoms with Gasteiger partial charge in [0.15, 0.2) is 0 Å². The lowest BCUT2D eigenvalue weighted by Crippen LogP contribution is -2.44. The SMILES string of the molecule is Cc1cc(NC(=O)C(=O)N2CCCC[C@@H]2c2ccncc2)cnc1N. The minimum atomic E-state index is -0.660. The third-order valence-electron chi connectivity index (χ3n) is 4.43. The van der Waals surface area contributed by atoms with Gasteiger partial charge in [-0.05, 0) is 55.5 Å². The van der Waals surface area contributed by atoms with E-state index >= 15 is 0 Å². The van der Waals surface area contributed by atoms with Gasteiger partial charge >= 0.3 is 11.8 Å². The highest BCUT2D eigenvalue weighted by Crippen LogP contribution is 2.30. The third-order valence-corrected chi connectivity index (χ3v) is 4.43. The largest absolute Gasteiger partial charge is 0.383 e. The molecular formula is C18H21N5O2. The maximum Gasteiger partial charge on any atom is 0.313 e. The van der Waals surface area contributed by atoms with Crippen LogP contribution >= 0.6 is 0 Å². The predicted molar refractivity (Wildman–Crippen MR) is 94.6 cm³/mol. The molecule has 7 heteroatoms. The molecule has 2 aromatic rings. The molecule has 3 heterocycles. The molecule has 2 aromatic heterocycles. The monoisotopic (exact) mass is 339 g/mol. The van der Waals surface area contributed by atoms with Gasteiger partial charge in [0.2, 0.25) is 0 Å². The zero-order valence-electron chi connectivity index (χ0n) is 14.1. The van der Waals surface area contributed by atoms with Crippen molar-refractivity contribution in [1.82, 2.24) is 14.9 Å². The van der Waals surface area contributed by atoms with Crippen molar-refractivity contribution < 1.29 is 9.59 Å². The Hall–Kier alpha value is -2.96. The molecule has 1 saturated heterocycles. The van der Waals surface area contributed by atoms with Crippen LogP contribution in [0, 0.1) is 6.92 Å². The minimum Gasteiger partial charge on any atom is -0.383 e. The normalized spacial score (nSPS) is 17.2. The Morgan fingerprint density at radius 1 is 1.28 bits per heavy atom. The molecule has 1 aliphatic rings. The van der Waals surface area contributed by atoms with Gasteiger partial charge in [-0.2, -0.15) is 0 Å². The van der Waals surface area contributed by atoms with Crippen molar-refractivity contribution in [3.8, 4) is 0 Å². The van der Waals surface area contributed by atoms with Gasteiger partial charge in [-0.15, -0.1) is 0 Å². The molecule has 3 rings (SSSR count). The van der Waals surface area contributed by atoms with Crippen LogP contribution in [0.15, 0.2) is 36.8 Å². The van der Waals surface area contributed by atoms with Gasteiger partial charge < -0.3 is 16.0 Å². The van der Waals surface area contributed by atoms with E-state index in [1.165, 1.54) is 6.20 Å². The van der Waals surface area contributed by atoms with Crippen LogP contribution in [0.1, 0.15) is 36.4 Å². The molecule has 1 aliphatic heterocycles. The number of amides is 2. The fraction of sp³-hybridized carbons (Fsp3) is 0.333. The summed E-state index contributed by atoms with van der Waals surface area (Å²) >= 11 is 0. The summed E-state index contributed by atoms with van der Waals surface area (Å²) in [5.74, 6) is -0.791. The van der Waals surface area contributed by atoms with E-state index < -0.39 is 11.8 Å². The molecule has 0 radical (unpaired) electrons. The van der Waals surface area contributed by atoms with Crippen molar-refractivity contribution >= 4 is 23.3 Å². The van der Waals surface area contributed by atoms with Crippen LogP contribution < -0.4 is 11.1 Å². The Morgan fingerprint density at radius 2 is 2.04 bits per heavy atom. The van der Waals surface area contributed by atoms with Gasteiger partial charge in [-0.25, -0.2) is 4.98 Å². The first-order valence-electron chi connectivity index (χ1n) is 8.30. The number of aromatic nitrogens is 2. The van der Waals surface area contributed by atoms with Crippen molar-refractivity contribution in [1.29, 1.82) is 0 Å². The number of piperidine rings is 1. The van der Waals surface area contributed by atoms with Crippen LogP contribution in [0.4, 0.5) is 11.5 Å². The topological polar surface area (TPSA) is 101 Å². The van der Waals surface area contributed by atoms with E-state index in [-0.39, 0.29) is 6.04 Å². The molecule has 0 unspecified atom stereocenters. The lowest BCUT2D eigenvalue weighted by atomic mass is 9.96. The van der Waals surface area contributed by atoms with E-state index in [4.69, 9.17) is 5.73 Å². The molecule has 1 atom stereocenters. The zero-order chi connectivity index (χ0) is 17.8. The van der Waals surface area contributed by atoms with Crippen LogP contribution in [0.2, 0.25) is 0 Å². The molecule has 25 heavy (non-hydrogen) atoms. The summed E-state index contributed by atoms with van der Waals surface area (Å²) in [4.78, 5) is 34.8. The number of nitrogen functional groups attached to an aromatic ring is 1. The molecule has 0 bridgehead atoms. The van der Waals surface area contributed by atoms with Crippen LogP contribution in [0.3, 0.4) is 0 Å². The highest BCUT2D eigenvalue weighted by atomic mass is 16.2. The van der Waals surface area contributed by atoms with Crippen molar-refractivity contribution in [2.24, 2.45) is 0 Å². The first-order chi connectivity index (χ1) is 12.1. The Kier molecular flexibility index (Phi) is 4.92. The summed E-state index contributed by atoms with van der Waals surface area (Å²) in [7, 11) is 0. The second kappa shape index (κ2) is 7.29. The second-order valence-electron chi connectivity index (χ2n) is 6.17. The molecule has 0 saturated carbocycles. The Morgan fingerprint density at radius 3 is 2.76 bits per heavy atom. The average Bonchev–Trinajstić information content (AvgIpc) is 2.65. The van der Waals surface area contributed by atoms with Gasteiger partial charge in [0.25, 0.3) is 0 Å². The number of carbonyl (C=O) groups is 2. The summed E-state index contributed by atoms with van der Waals surface area (Å²) in [5.41, 5.74) is 7.88. The van der Waals surface area contributed by atoms with Crippen molar-refractivity contribution in [2.45, 2.75) is 32.2 Å². The minimum absolute atomic E-state index is 0.0960. The van der Waals surface area contributed by atoms with Crippen LogP contribution in [-0.2, 0) is 9.59 Å². The smallest absolute Gasteiger partial charge is 0.313 e. The highest BCUT2D eigenvalue weighted by Gasteiger charge is 2.31. The van der Waals surface area contributed by atoms with Gasteiger partial charge in [0, 0.05) is 18.9 Å². The summed E-state index contributed by atoms with van der Waals surface area (Å²) < 4.78 is 0. The lowest BCUT2D eigenvalue weighted by Gasteiger charge is -2.35.